The first-order valence-corrected chi connectivity index (χ1v) is 14.1. The van der Waals surface area contributed by atoms with Crippen molar-refractivity contribution in [3.8, 4) is 0 Å². The maximum absolute atomic E-state index is 6.03. The summed E-state index contributed by atoms with van der Waals surface area (Å²) in [5, 5.41) is 0. The Labute approximate surface area is 199 Å². The minimum atomic E-state index is 0.274. The molecule has 4 fully saturated rings. The number of allylic oxidation sites excluding steroid dienone is 2. The molecule has 5 aliphatic carbocycles. The predicted octanol–water partition coefficient (Wildman–Crippen LogP) is 8.68. The summed E-state index contributed by atoms with van der Waals surface area (Å²) in [6.45, 7) is 20.9. The van der Waals surface area contributed by atoms with Crippen molar-refractivity contribution in [3.63, 3.8) is 0 Å². The van der Waals surface area contributed by atoms with Crippen LogP contribution in [0.3, 0.4) is 0 Å². The Bertz CT molecular complexity index is 792. The first-order chi connectivity index (χ1) is 14.9. The highest BCUT2D eigenvalue weighted by Crippen LogP contribution is 2.76. The Balaban J connectivity index is 1.54. The van der Waals surface area contributed by atoms with Gasteiger partial charge in [0.2, 0.25) is 0 Å². The van der Waals surface area contributed by atoms with Crippen LogP contribution in [0.5, 0.6) is 0 Å². The fourth-order valence-electron chi connectivity index (χ4n) is 11.7. The van der Waals surface area contributed by atoms with E-state index in [2.05, 4.69) is 61.5 Å². The lowest BCUT2D eigenvalue weighted by molar-refractivity contribution is -0.168. The van der Waals surface area contributed by atoms with E-state index in [4.69, 9.17) is 4.74 Å². The molecule has 0 aromatic carbocycles. The number of methoxy groups -OCH3 is 1. The number of fused-ring (bicyclic) bond motifs is 7. The zero-order chi connectivity index (χ0) is 23.3. The molecule has 0 aromatic rings. The molecule has 0 aromatic heterocycles. The second-order valence-corrected chi connectivity index (χ2v) is 14.9. The minimum absolute atomic E-state index is 0.274. The van der Waals surface area contributed by atoms with Crippen molar-refractivity contribution in [1.29, 1.82) is 0 Å². The van der Waals surface area contributed by atoms with Gasteiger partial charge in [0.05, 0.1) is 6.10 Å². The van der Waals surface area contributed by atoms with Crippen LogP contribution in [0.15, 0.2) is 11.6 Å². The van der Waals surface area contributed by atoms with E-state index in [0.717, 1.165) is 29.6 Å². The summed E-state index contributed by atoms with van der Waals surface area (Å²) in [5.74, 6) is 4.23. The van der Waals surface area contributed by atoms with Gasteiger partial charge in [0, 0.05) is 7.11 Å². The molecule has 182 valence electrons. The van der Waals surface area contributed by atoms with Gasteiger partial charge in [-0.05, 0) is 114 Å². The van der Waals surface area contributed by atoms with Gasteiger partial charge in [0.1, 0.15) is 0 Å². The van der Waals surface area contributed by atoms with Crippen LogP contribution >= 0.6 is 0 Å². The molecule has 4 saturated carbocycles. The SMILES string of the molecule is CO[C@@H]1CC[C@]2(C)C3=CC[C@]4(C)[C@H]5CC[C@H](C(C)C)[C@@]5(C)CC[C@]4(C)[C@H]3CC[C@H]2C1(C)C. The summed E-state index contributed by atoms with van der Waals surface area (Å²) in [6.07, 6.45) is 15.8. The summed E-state index contributed by atoms with van der Waals surface area (Å²) < 4.78 is 6.03. The quantitative estimate of drug-likeness (QED) is 0.390. The van der Waals surface area contributed by atoms with Crippen molar-refractivity contribution >= 4 is 0 Å². The van der Waals surface area contributed by atoms with E-state index in [1.165, 1.54) is 57.8 Å². The summed E-state index contributed by atoms with van der Waals surface area (Å²) in [5.41, 5.74) is 4.05. The molecule has 0 aliphatic heterocycles. The number of hydrogen-bond donors (Lipinski definition) is 0. The molecule has 32 heavy (non-hydrogen) atoms. The van der Waals surface area contributed by atoms with Crippen molar-refractivity contribution in [3.05, 3.63) is 11.6 Å². The van der Waals surface area contributed by atoms with Crippen molar-refractivity contribution in [2.24, 2.45) is 56.7 Å². The summed E-state index contributed by atoms with van der Waals surface area (Å²) >= 11 is 0. The Hall–Kier alpha value is -0.300. The Morgan fingerprint density at radius 2 is 1.50 bits per heavy atom. The predicted molar refractivity (Wildman–Crippen MR) is 135 cm³/mol. The van der Waals surface area contributed by atoms with Gasteiger partial charge in [-0.2, -0.15) is 0 Å². The van der Waals surface area contributed by atoms with Gasteiger partial charge in [0.25, 0.3) is 0 Å². The van der Waals surface area contributed by atoms with Crippen LogP contribution in [-0.4, -0.2) is 13.2 Å². The lowest BCUT2D eigenvalue weighted by Gasteiger charge is -2.69. The zero-order valence-electron chi connectivity index (χ0n) is 22.8. The van der Waals surface area contributed by atoms with E-state index in [1.54, 1.807) is 0 Å². The molecule has 0 unspecified atom stereocenters. The van der Waals surface area contributed by atoms with Crippen LogP contribution < -0.4 is 0 Å². The molecular weight excluding hydrogens is 388 g/mol. The van der Waals surface area contributed by atoms with Gasteiger partial charge in [-0.1, -0.05) is 67.0 Å². The number of hydrogen-bond acceptors (Lipinski definition) is 1. The number of ether oxygens (including phenoxy) is 1. The van der Waals surface area contributed by atoms with Gasteiger partial charge in [-0.15, -0.1) is 0 Å². The molecule has 1 heteroatoms. The van der Waals surface area contributed by atoms with Crippen molar-refractivity contribution < 1.29 is 4.74 Å². The van der Waals surface area contributed by atoms with Crippen LogP contribution in [0, 0.1) is 56.7 Å². The van der Waals surface area contributed by atoms with Crippen molar-refractivity contribution in [2.75, 3.05) is 7.11 Å². The molecule has 5 rings (SSSR count). The summed E-state index contributed by atoms with van der Waals surface area (Å²) in [4.78, 5) is 0. The molecule has 0 amide bonds. The molecule has 0 heterocycles. The Kier molecular flexibility index (Phi) is 5.21. The minimum Gasteiger partial charge on any atom is -0.381 e. The fourth-order valence-corrected chi connectivity index (χ4v) is 11.7. The van der Waals surface area contributed by atoms with Crippen LogP contribution in [-0.2, 0) is 4.74 Å². The van der Waals surface area contributed by atoms with Crippen LogP contribution in [0.4, 0.5) is 0 Å². The Morgan fingerprint density at radius 1 is 0.812 bits per heavy atom. The summed E-state index contributed by atoms with van der Waals surface area (Å²) in [7, 11) is 1.94. The van der Waals surface area contributed by atoms with E-state index in [9.17, 15) is 0 Å². The van der Waals surface area contributed by atoms with Gasteiger partial charge in [-0.3, -0.25) is 0 Å². The maximum Gasteiger partial charge on any atom is 0.0625 e. The highest BCUT2D eigenvalue weighted by atomic mass is 16.5. The standard InChI is InChI=1S/C31H52O/c1-20(2)21-10-13-25-29(21,6)18-19-30(7)23-11-12-24-27(3,4)26(32-9)15-16-28(24,5)22(23)14-17-31(25,30)8/h14,20-21,23-26H,10-13,15-19H2,1-9H3/t21-,23+,24+,25+,26-,28-,29-,30-,31-/m1/s1. The van der Waals surface area contributed by atoms with E-state index in [0.29, 0.717) is 27.8 Å². The average Bonchev–Trinajstić information content (AvgIpc) is 3.08. The molecule has 5 aliphatic rings. The highest BCUT2D eigenvalue weighted by molar-refractivity contribution is 5.33. The lowest BCUT2D eigenvalue weighted by Crippen LogP contribution is -2.62. The van der Waals surface area contributed by atoms with Crippen LogP contribution in [0.25, 0.3) is 0 Å². The first kappa shape index (κ1) is 23.4. The van der Waals surface area contributed by atoms with Crippen molar-refractivity contribution in [1.82, 2.24) is 0 Å². The zero-order valence-corrected chi connectivity index (χ0v) is 22.8. The molecular formula is C31H52O. The van der Waals surface area contributed by atoms with Gasteiger partial charge in [-0.25, -0.2) is 0 Å². The van der Waals surface area contributed by atoms with Crippen LogP contribution in [0.1, 0.15) is 113 Å². The third-order valence-electron chi connectivity index (χ3n) is 13.5. The molecule has 0 saturated heterocycles. The lowest BCUT2D eigenvalue weighted by atomic mass is 9.35. The van der Waals surface area contributed by atoms with Gasteiger partial charge >= 0.3 is 0 Å². The third-order valence-corrected chi connectivity index (χ3v) is 13.5. The normalized spacial score (nSPS) is 54.3. The largest absolute Gasteiger partial charge is 0.381 e. The van der Waals surface area contributed by atoms with E-state index in [-0.39, 0.29) is 5.41 Å². The van der Waals surface area contributed by atoms with E-state index >= 15 is 0 Å². The van der Waals surface area contributed by atoms with E-state index in [1.807, 2.05) is 12.7 Å². The topological polar surface area (TPSA) is 9.23 Å². The van der Waals surface area contributed by atoms with Gasteiger partial charge in [0.15, 0.2) is 0 Å². The molecule has 0 N–H and O–H groups in total. The number of rotatable bonds is 2. The van der Waals surface area contributed by atoms with Crippen molar-refractivity contribution in [2.45, 2.75) is 119 Å². The average molecular weight is 441 g/mol. The van der Waals surface area contributed by atoms with E-state index < -0.39 is 0 Å². The van der Waals surface area contributed by atoms with Gasteiger partial charge < -0.3 is 4.74 Å². The maximum atomic E-state index is 6.03. The third kappa shape index (κ3) is 2.67. The first-order valence-electron chi connectivity index (χ1n) is 14.1. The molecule has 1 nitrogen and oxygen atoms in total. The molecule has 0 bridgehead atoms. The smallest absolute Gasteiger partial charge is 0.0625 e. The second-order valence-electron chi connectivity index (χ2n) is 14.9. The Morgan fingerprint density at radius 3 is 2.16 bits per heavy atom. The molecule has 9 atom stereocenters. The van der Waals surface area contributed by atoms with Crippen LogP contribution in [0.2, 0.25) is 0 Å². The fraction of sp³-hybridized carbons (Fsp3) is 0.935. The second kappa shape index (κ2) is 7.11. The molecule has 0 radical (unpaired) electrons. The summed E-state index contributed by atoms with van der Waals surface area (Å²) in [6, 6.07) is 0. The molecule has 0 spiro atoms. The monoisotopic (exact) mass is 440 g/mol. The highest BCUT2D eigenvalue weighted by Gasteiger charge is 2.68.